The zero-order chi connectivity index (χ0) is 27.9. The van der Waals surface area contributed by atoms with Crippen LogP contribution in [0.2, 0.25) is 0 Å². The Labute approximate surface area is 238 Å². The second-order valence-corrected chi connectivity index (χ2v) is 10.8. The molecule has 0 aliphatic carbocycles. The number of allylic oxidation sites excluding steroid dienone is 1. The summed E-state index contributed by atoms with van der Waals surface area (Å²) in [7, 11) is 0. The fraction of sp³-hybridized carbons (Fsp3) is 0.194. The Bertz CT molecular complexity index is 1520. The molecule has 0 atom stereocenters. The summed E-state index contributed by atoms with van der Waals surface area (Å²) in [5.41, 5.74) is 12.3. The van der Waals surface area contributed by atoms with Crippen molar-refractivity contribution in [2.75, 3.05) is 13.1 Å². The van der Waals surface area contributed by atoms with Gasteiger partial charge in [0.1, 0.15) is 5.04 Å². The number of benzene rings is 2. The number of rotatable bonds is 8. The molecule has 5 N–H and O–H groups in total. The average molecular weight is 549 g/mol. The molecule has 1 fully saturated rings. The first kappa shape index (κ1) is 27.2. The molecule has 4 aromatic rings. The zero-order valence-corrected chi connectivity index (χ0v) is 22.9. The number of piperidine rings is 1. The molecule has 202 valence electrons. The number of amidine groups is 1. The Morgan fingerprint density at radius 1 is 1.00 bits per heavy atom. The van der Waals surface area contributed by atoms with Gasteiger partial charge in [-0.2, -0.15) is 5.10 Å². The molecule has 40 heavy (non-hydrogen) atoms. The first-order valence-electron chi connectivity index (χ1n) is 13.2. The molecule has 3 heterocycles. The van der Waals surface area contributed by atoms with Crippen LogP contribution >= 0.6 is 11.8 Å². The summed E-state index contributed by atoms with van der Waals surface area (Å²) in [6.45, 7) is 2.93. The maximum Gasteiger partial charge on any atom is 0.157 e. The van der Waals surface area contributed by atoms with Gasteiger partial charge in [0.15, 0.2) is 5.17 Å². The van der Waals surface area contributed by atoms with Gasteiger partial charge in [0.25, 0.3) is 0 Å². The van der Waals surface area contributed by atoms with Crippen molar-refractivity contribution in [3.05, 3.63) is 102 Å². The highest BCUT2D eigenvalue weighted by molar-refractivity contribution is 8.26. The molecular formula is C31H32N8S. The lowest BCUT2D eigenvalue weighted by molar-refractivity contribution is 0.173. The molecule has 1 saturated heterocycles. The number of hydrogen-bond acceptors (Lipinski definition) is 7. The summed E-state index contributed by atoms with van der Waals surface area (Å²) in [4.78, 5) is 7.25. The van der Waals surface area contributed by atoms with Crippen LogP contribution in [0.1, 0.15) is 35.6 Å². The molecule has 9 heteroatoms. The molecule has 2 aromatic heterocycles. The van der Waals surface area contributed by atoms with E-state index in [0.717, 1.165) is 72.2 Å². The Hall–Kier alpha value is -4.34. The minimum absolute atomic E-state index is 0.113. The van der Waals surface area contributed by atoms with Crippen LogP contribution in [0.15, 0.2) is 85.3 Å². The fourth-order valence-corrected chi connectivity index (χ4v) is 5.44. The van der Waals surface area contributed by atoms with E-state index in [1.807, 2.05) is 48.7 Å². The normalized spacial score (nSPS) is 14.4. The van der Waals surface area contributed by atoms with Crippen LogP contribution in [0.4, 0.5) is 0 Å². The van der Waals surface area contributed by atoms with Crippen LogP contribution < -0.4 is 5.73 Å². The van der Waals surface area contributed by atoms with Crippen LogP contribution in [-0.4, -0.2) is 49.2 Å². The maximum absolute atomic E-state index is 8.31. The average Bonchev–Trinajstić information content (AvgIpc) is 3.46. The van der Waals surface area contributed by atoms with Crippen LogP contribution in [0.3, 0.4) is 0 Å². The molecule has 0 saturated carbocycles. The van der Waals surface area contributed by atoms with E-state index in [-0.39, 0.29) is 10.2 Å². The standard InChI is InChI=1S/C31H32N8S/c32-14-4-5-23-18-37-39(21-23)27-12-15-38(16-13-27)20-22-8-10-25(11-9-22)29-28(24-6-2-1-3-7-24)17-26(19-36-29)30(33)40-31(34)35/h1-11,14,17-19,21,27,32-33H,12-13,15-16,20H2,(H3,34,35)/b5-4-,32-14?,33-30?. The van der Waals surface area contributed by atoms with E-state index < -0.39 is 0 Å². The van der Waals surface area contributed by atoms with Crippen molar-refractivity contribution in [2.24, 2.45) is 5.73 Å². The molecule has 0 amide bonds. The number of likely N-dealkylation sites (tertiary alicyclic amines) is 1. The predicted molar refractivity (Wildman–Crippen MR) is 165 cm³/mol. The topological polar surface area (TPSA) is 132 Å². The van der Waals surface area contributed by atoms with E-state index in [4.69, 9.17) is 26.9 Å². The largest absolute Gasteiger partial charge is 0.378 e. The van der Waals surface area contributed by atoms with Crippen molar-refractivity contribution >= 4 is 34.3 Å². The Morgan fingerprint density at radius 3 is 2.45 bits per heavy atom. The van der Waals surface area contributed by atoms with Crippen molar-refractivity contribution in [2.45, 2.75) is 25.4 Å². The van der Waals surface area contributed by atoms with Crippen molar-refractivity contribution in [1.29, 1.82) is 16.2 Å². The van der Waals surface area contributed by atoms with Gasteiger partial charge in [-0.15, -0.1) is 0 Å². The summed E-state index contributed by atoms with van der Waals surface area (Å²) in [5, 5.41) is 27.6. The molecule has 0 bridgehead atoms. The Morgan fingerprint density at radius 2 is 1.75 bits per heavy atom. The quantitative estimate of drug-likeness (QED) is 0.157. The first-order valence-corrected chi connectivity index (χ1v) is 14.0. The van der Waals surface area contributed by atoms with E-state index in [2.05, 4.69) is 45.1 Å². The van der Waals surface area contributed by atoms with Gasteiger partial charge in [0.05, 0.1) is 17.9 Å². The highest BCUT2D eigenvalue weighted by atomic mass is 32.2. The van der Waals surface area contributed by atoms with E-state index in [0.29, 0.717) is 11.6 Å². The summed E-state index contributed by atoms with van der Waals surface area (Å²) in [6.07, 6.45) is 12.6. The number of nitrogens with zero attached hydrogens (tertiary/aromatic N) is 4. The summed E-state index contributed by atoms with van der Waals surface area (Å²) in [6, 6.07) is 21.0. The smallest absolute Gasteiger partial charge is 0.157 e. The molecular weight excluding hydrogens is 516 g/mol. The van der Waals surface area contributed by atoms with Crippen LogP contribution in [-0.2, 0) is 6.54 Å². The summed E-state index contributed by atoms with van der Waals surface area (Å²) in [5.74, 6) is 0. The third-order valence-electron chi connectivity index (χ3n) is 7.02. The molecule has 0 radical (unpaired) electrons. The monoisotopic (exact) mass is 548 g/mol. The van der Waals surface area contributed by atoms with Crippen LogP contribution in [0.25, 0.3) is 28.5 Å². The van der Waals surface area contributed by atoms with Gasteiger partial charge < -0.3 is 11.1 Å². The highest BCUT2D eigenvalue weighted by Crippen LogP contribution is 2.32. The number of hydrogen-bond donors (Lipinski definition) is 4. The second kappa shape index (κ2) is 12.7. The van der Waals surface area contributed by atoms with E-state index in [9.17, 15) is 0 Å². The van der Waals surface area contributed by atoms with Crippen molar-refractivity contribution in [1.82, 2.24) is 19.7 Å². The van der Waals surface area contributed by atoms with Gasteiger partial charge in [-0.25, -0.2) is 0 Å². The van der Waals surface area contributed by atoms with Crippen molar-refractivity contribution < 1.29 is 0 Å². The lowest BCUT2D eigenvalue weighted by Crippen LogP contribution is -2.34. The third-order valence-corrected chi connectivity index (χ3v) is 7.68. The van der Waals surface area contributed by atoms with Gasteiger partial charge >= 0.3 is 0 Å². The van der Waals surface area contributed by atoms with Gasteiger partial charge in [-0.3, -0.25) is 25.4 Å². The maximum atomic E-state index is 8.31. The molecule has 8 nitrogen and oxygen atoms in total. The number of thioether (sulfide) groups is 1. The fourth-order valence-electron chi connectivity index (χ4n) is 4.99. The Balaban J connectivity index is 1.27. The van der Waals surface area contributed by atoms with Crippen LogP contribution in [0.5, 0.6) is 0 Å². The lowest BCUT2D eigenvalue weighted by Gasteiger charge is -2.32. The highest BCUT2D eigenvalue weighted by Gasteiger charge is 2.21. The molecule has 2 aromatic carbocycles. The van der Waals surface area contributed by atoms with E-state index in [1.54, 1.807) is 12.3 Å². The van der Waals surface area contributed by atoms with E-state index >= 15 is 0 Å². The van der Waals surface area contributed by atoms with Crippen molar-refractivity contribution in [3.63, 3.8) is 0 Å². The Kier molecular flexibility index (Phi) is 8.63. The van der Waals surface area contributed by atoms with Gasteiger partial charge in [-0.1, -0.05) is 60.7 Å². The molecule has 5 rings (SSSR count). The first-order chi connectivity index (χ1) is 19.5. The number of nitrogens with two attached hydrogens (primary N) is 1. The number of pyridine rings is 1. The molecule has 1 aliphatic rings. The SMILES string of the molecule is N=C/C=C\c1cnn(C2CCN(Cc3ccc(-c4ncc(C(=N)SC(=N)N)cc4-c4ccccc4)cc3)CC2)c1. The predicted octanol–water partition coefficient (Wildman–Crippen LogP) is 6.06. The molecule has 0 unspecified atom stereocenters. The molecule has 0 spiro atoms. The minimum atomic E-state index is -0.113. The number of nitrogens with one attached hydrogen (secondary N) is 3. The zero-order valence-electron chi connectivity index (χ0n) is 22.1. The van der Waals surface area contributed by atoms with E-state index in [1.165, 1.54) is 11.8 Å². The number of aromatic nitrogens is 3. The van der Waals surface area contributed by atoms with Gasteiger partial charge in [0, 0.05) is 60.5 Å². The summed E-state index contributed by atoms with van der Waals surface area (Å²) >= 11 is 0.919. The minimum Gasteiger partial charge on any atom is -0.378 e. The van der Waals surface area contributed by atoms with Gasteiger partial charge in [-0.05, 0) is 47.9 Å². The summed E-state index contributed by atoms with van der Waals surface area (Å²) < 4.78 is 2.07. The van der Waals surface area contributed by atoms with Gasteiger partial charge in [0.2, 0.25) is 0 Å². The van der Waals surface area contributed by atoms with Crippen molar-refractivity contribution in [3.8, 4) is 22.4 Å². The second-order valence-electron chi connectivity index (χ2n) is 9.77. The van der Waals surface area contributed by atoms with Crippen LogP contribution in [0, 0.1) is 16.2 Å². The third kappa shape index (κ3) is 6.62. The lowest BCUT2D eigenvalue weighted by atomic mass is 9.97. The molecule has 1 aliphatic heterocycles.